The molecule has 39 heavy (non-hydrogen) atoms. The zero-order chi connectivity index (χ0) is 27.4. The monoisotopic (exact) mass is 596 g/mol. The van der Waals surface area contributed by atoms with Gasteiger partial charge >= 0.3 is 0 Å². The Kier molecular flexibility index (Phi) is 10.7. The number of thiazole rings is 1. The van der Waals surface area contributed by atoms with Crippen LogP contribution in [0.5, 0.6) is 5.75 Å². The van der Waals surface area contributed by atoms with Gasteiger partial charge < -0.3 is 14.4 Å². The summed E-state index contributed by atoms with van der Waals surface area (Å²) in [5.74, 6) is 0.548. The summed E-state index contributed by atoms with van der Waals surface area (Å²) in [6.07, 6.45) is 0.408. The van der Waals surface area contributed by atoms with E-state index in [4.69, 9.17) is 14.5 Å². The maximum atomic E-state index is 13.7. The first-order chi connectivity index (χ1) is 18.1. The minimum absolute atomic E-state index is 0. The second-order valence-electron chi connectivity index (χ2n) is 9.78. The number of anilines is 1. The molecular formula is C27H37ClN4O5S2. The first kappa shape index (κ1) is 31.3. The van der Waals surface area contributed by atoms with Gasteiger partial charge in [0.2, 0.25) is 10.0 Å². The van der Waals surface area contributed by atoms with Crippen molar-refractivity contribution in [2.75, 3.05) is 51.8 Å². The molecule has 0 N–H and O–H groups in total. The van der Waals surface area contributed by atoms with E-state index in [1.165, 1.54) is 27.8 Å². The molecule has 2 heterocycles. The van der Waals surface area contributed by atoms with Gasteiger partial charge in [0.05, 0.1) is 33.9 Å². The average Bonchev–Trinajstić information content (AvgIpc) is 3.29. The third kappa shape index (κ3) is 7.47. The van der Waals surface area contributed by atoms with Crippen LogP contribution >= 0.6 is 23.7 Å². The number of hydrogen-bond acceptors (Lipinski definition) is 8. The molecule has 0 bridgehead atoms. The molecular weight excluding hydrogens is 560 g/mol. The number of nitrogens with zero attached hydrogens (tertiary/aromatic N) is 4. The van der Waals surface area contributed by atoms with Crippen molar-refractivity contribution in [1.82, 2.24) is 14.2 Å². The molecule has 1 fully saturated rings. The maximum Gasteiger partial charge on any atom is 0.260 e. The second kappa shape index (κ2) is 13.4. The van der Waals surface area contributed by atoms with Gasteiger partial charge in [0.1, 0.15) is 5.75 Å². The highest BCUT2D eigenvalue weighted by molar-refractivity contribution is 7.89. The van der Waals surface area contributed by atoms with Gasteiger partial charge in [-0.2, -0.15) is 4.31 Å². The van der Waals surface area contributed by atoms with Crippen LogP contribution in [-0.4, -0.2) is 87.6 Å². The van der Waals surface area contributed by atoms with E-state index in [-0.39, 0.29) is 35.4 Å². The fourth-order valence-electron chi connectivity index (χ4n) is 4.50. The van der Waals surface area contributed by atoms with E-state index in [2.05, 4.69) is 4.90 Å². The van der Waals surface area contributed by atoms with Crippen molar-refractivity contribution in [2.24, 2.45) is 0 Å². The molecule has 0 saturated carbocycles. The quantitative estimate of drug-likeness (QED) is 0.340. The fourth-order valence-corrected chi connectivity index (χ4v) is 7.10. The Bertz CT molecular complexity index is 1350. The van der Waals surface area contributed by atoms with Crippen molar-refractivity contribution in [3.05, 3.63) is 48.0 Å². The Labute approximate surface area is 241 Å². The summed E-state index contributed by atoms with van der Waals surface area (Å²) >= 11 is 1.44. The number of amides is 1. The lowest BCUT2D eigenvalue weighted by Gasteiger charge is -2.34. The average molecular weight is 597 g/mol. The lowest BCUT2D eigenvalue weighted by Crippen LogP contribution is -2.48. The summed E-state index contributed by atoms with van der Waals surface area (Å²) < 4.78 is 40.2. The number of rotatable bonds is 10. The molecule has 2 atom stereocenters. The van der Waals surface area contributed by atoms with E-state index in [0.717, 1.165) is 28.9 Å². The van der Waals surface area contributed by atoms with Gasteiger partial charge in [0, 0.05) is 25.2 Å². The Morgan fingerprint density at radius 1 is 1.10 bits per heavy atom. The molecule has 0 aliphatic carbocycles. The summed E-state index contributed by atoms with van der Waals surface area (Å²) in [6, 6.07) is 11.9. The molecule has 0 spiro atoms. The summed E-state index contributed by atoms with van der Waals surface area (Å²) in [7, 11) is 0.297. The summed E-state index contributed by atoms with van der Waals surface area (Å²) in [6.45, 7) is 8.14. The third-order valence-electron chi connectivity index (χ3n) is 6.25. The molecule has 4 rings (SSSR count). The van der Waals surface area contributed by atoms with E-state index < -0.39 is 10.0 Å². The topological polar surface area (TPSA) is 92.3 Å². The van der Waals surface area contributed by atoms with Crippen LogP contribution in [0.2, 0.25) is 0 Å². The first-order valence-corrected chi connectivity index (χ1v) is 15.1. The lowest BCUT2D eigenvalue weighted by molar-refractivity contribution is -0.0440. The van der Waals surface area contributed by atoms with Gasteiger partial charge in [0.25, 0.3) is 5.91 Å². The number of benzene rings is 2. The van der Waals surface area contributed by atoms with Crippen molar-refractivity contribution < 1.29 is 22.7 Å². The minimum atomic E-state index is -3.69. The van der Waals surface area contributed by atoms with Crippen molar-refractivity contribution in [1.29, 1.82) is 0 Å². The van der Waals surface area contributed by atoms with Crippen molar-refractivity contribution in [3.8, 4) is 5.75 Å². The molecule has 2 aromatic carbocycles. The van der Waals surface area contributed by atoms with Gasteiger partial charge in [-0.1, -0.05) is 11.3 Å². The number of hydrogen-bond donors (Lipinski definition) is 0. The van der Waals surface area contributed by atoms with Crippen LogP contribution in [0.3, 0.4) is 0 Å². The zero-order valence-corrected chi connectivity index (χ0v) is 25.4. The van der Waals surface area contributed by atoms with Crippen LogP contribution in [0.25, 0.3) is 10.2 Å². The summed E-state index contributed by atoms with van der Waals surface area (Å²) in [4.78, 5) is 22.3. The van der Waals surface area contributed by atoms with Gasteiger partial charge in [0.15, 0.2) is 5.13 Å². The Morgan fingerprint density at radius 3 is 2.38 bits per heavy atom. The van der Waals surface area contributed by atoms with Gasteiger partial charge in [-0.25, -0.2) is 13.4 Å². The summed E-state index contributed by atoms with van der Waals surface area (Å²) in [5.41, 5.74) is 1.21. The van der Waals surface area contributed by atoms with E-state index in [9.17, 15) is 13.2 Å². The highest BCUT2D eigenvalue weighted by atomic mass is 35.5. The lowest BCUT2D eigenvalue weighted by atomic mass is 10.2. The smallest absolute Gasteiger partial charge is 0.260 e. The van der Waals surface area contributed by atoms with Crippen LogP contribution in [0.4, 0.5) is 5.13 Å². The van der Waals surface area contributed by atoms with Gasteiger partial charge in [-0.15, -0.1) is 12.4 Å². The number of carbonyl (C=O) groups excluding carboxylic acids is 1. The first-order valence-electron chi connectivity index (χ1n) is 12.8. The van der Waals surface area contributed by atoms with Gasteiger partial charge in [-0.3, -0.25) is 9.69 Å². The third-order valence-corrected chi connectivity index (χ3v) is 9.13. The fraction of sp³-hybridized carbons (Fsp3) is 0.481. The van der Waals surface area contributed by atoms with Gasteiger partial charge in [-0.05, 0) is 90.3 Å². The highest BCUT2D eigenvalue weighted by Crippen LogP contribution is 2.32. The number of morpholine rings is 1. The zero-order valence-electron chi connectivity index (χ0n) is 23.0. The number of sulfonamides is 1. The number of carbonyl (C=O) groups is 1. The Hall–Kier alpha value is -2.28. The van der Waals surface area contributed by atoms with Crippen LogP contribution in [0.1, 0.15) is 37.6 Å². The molecule has 0 radical (unpaired) electrons. The van der Waals surface area contributed by atoms with Crippen LogP contribution in [-0.2, 0) is 14.8 Å². The predicted octanol–water partition coefficient (Wildman–Crippen LogP) is 4.51. The highest BCUT2D eigenvalue weighted by Gasteiger charge is 2.32. The largest absolute Gasteiger partial charge is 0.494 e. The molecule has 214 valence electrons. The molecule has 2 unspecified atom stereocenters. The molecule has 1 saturated heterocycles. The number of halogens is 1. The van der Waals surface area contributed by atoms with Crippen LogP contribution < -0.4 is 9.64 Å². The van der Waals surface area contributed by atoms with E-state index >= 15 is 0 Å². The molecule has 9 nitrogen and oxygen atoms in total. The standard InChI is InChI=1S/C27H36N4O5S2.ClH/c1-6-35-22-10-13-24-25(16-22)37-27(28-24)31(15-7-14-29(4)5)26(32)21-8-11-23(12-9-21)38(33,34)30-17-19(2)36-20(3)18-30;/h8-13,16,19-20H,6-7,14-15,17-18H2,1-5H3;1H. The Morgan fingerprint density at radius 2 is 1.77 bits per heavy atom. The number of ether oxygens (including phenoxy) is 2. The molecule has 1 aliphatic rings. The minimum Gasteiger partial charge on any atom is -0.494 e. The van der Waals surface area contributed by atoms with Crippen molar-refractivity contribution >= 4 is 55.0 Å². The molecule has 3 aromatic rings. The second-order valence-corrected chi connectivity index (χ2v) is 12.7. The van der Waals surface area contributed by atoms with E-state index in [0.29, 0.717) is 36.9 Å². The number of aromatic nitrogens is 1. The van der Waals surface area contributed by atoms with Crippen molar-refractivity contribution in [3.63, 3.8) is 0 Å². The van der Waals surface area contributed by atoms with E-state index in [1.54, 1.807) is 17.0 Å². The summed E-state index contributed by atoms with van der Waals surface area (Å²) in [5, 5.41) is 0.602. The van der Waals surface area contributed by atoms with E-state index in [1.807, 2.05) is 53.1 Å². The normalized spacial score (nSPS) is 18.2. The molecule has 1 aliphatic heterocycles. The molecule has 1 amide bonds. The van der Waals surface area contributed by atoms with Crippen molar-refractivity contribution in [2.45, 2.75) is 44.3 Å². The molecule has 12 heteroatoms. The predicted molar refractivity (Wildman–Crippen MR) is 158 cm³/mol. The number of fused-ring (bicyclic) bond motifs is 1. The van der Waals surface area contributed by atoms with Crippen LogP contribution in [0, 0.1) is 0 Å². The SMILES string of the molecule is CCOc1ccc2nc(N(CCCN(C)C)C(=O)c3ccc(S(=O)(=O)N4CC(C)OC(C)C4)cc3)sc2c1.Cl. The van der Waals surface area contributed by atoms with Crippen LogP contribution in [0.15, 0.2) is 47.4 Å². The maximum absolute atomic E-state index is 13.7. The molecule has 1 aromatic heterocycles. The Balaban J connectivity index is 0.00000420.